The van der Waals surface area contributed by atoms with Crippen molar-refractivity contribution in [3.63, 3.8) is 0 Å². The van der Waals surface area contributed by atoms with E-state index in [4.69, 9.17) is 0 Å². The maximum atomic E-state index is 13.1. The monoisotopic (exact) mass is 348 g/mol. The van der Waals surface area contributed by atoms with Crippen LogP contribution in [0.3, 0.4) is 0 Å². The molecule has 3 aromatic rings. The molecule has 2 aromatic carbocycles. The van der Waals surface area contributed by atoms with Gasteiger partial charge in [-0.15, -0.1) is 0 Å². The third kappa shape index (κ3) is 2.79. The number of likely N-dealkylation sites (N-methyl/N-ethyl adjacent to an activating group) is 1. The number of hydrogen-bond acceptors (Lipinski definition) is 2. The van der Waals surface area contributed by atoms with Crippen LogP contribution >= 0.6 is 0 Å². The van der Waals surface area contributed by atoms with Crippen LogP contribution in [0.2, 0.25) is 0 Å². The van der Waals surface area contributed by atoms with Crippen molar-refractivity contribution in [1.82, 2.24) is 9.47 Å². The predicted molar refractivity (Wildman–Crippen MR) is 105 cm³/mol. The highest BCUT2D eigenvalue weighted by Crippen LogP contribution is 2.25. The number of para-hydroxylation sites is 2. The molecule has 0 unspecified atom stereocenters. The lowest BCUT2D eigenvalue weighted by Gasteiger charge is -2.28. The van der Waals surface area contributed by atoms with E-state index in [2.05, 4.69) is 6.92 Å². The third-order valence-electron chi connectivity index (χ3n) is 5.60. The first-order chi connectivity index (χ1) is 12.7. The van der Waals surface area contributed by atoms with E-state index in [1.54, 1.807) is 0 Å². The summed E-state index contributed by atoms with van der Waals surface area (Å²) in [6, 6.07) is 15.5. The highest BCUT2D eigenvalue weighted by molar-refractivity contribution is 5.94. The van der Waals surface area contributed by atoms with Crippen molar-refractivity contribution < 1.29 is 4.79 Å². The van der Waals surface area contributed by atoms with Crippen molar-refractivity contribution in [2.45, 2.75) is 45.2 Å². The van der Waals surface area contributed by atoms with Crippen molar-refractivity contribution in [2.75, 3.05) is 6.54 Å². The Hall–Kier alpha value is -2.62. The van der Waals surface area contributed by atoms with Gasteiger partial charge in [-0.2, -0.15) is 0 Å². The Balaban J connectivity index is 1.83. The number of hydrogen-bond donors (Lipinski definition) is 0. The summed E-state index contributed by atoms with van der Waals surface area (Å²) in [7, 11) is 0. The fourth-order valence-electron chi connectivity index (χ4n) is 4.33. The molecule has 134 valence electrons. The Kier molecular flexibility index (Phi) is 4.49. The molecule has 0 spiro atoms. The summed E-state index contributed by atoms with van der Waals surface area (Å²) in [5.74, 6) is 0.137. The molecule has 1 amide bonds. The quantitative estimate of drug-likeness (QED) is 0.670. The van der Waals surface area contributed by atoms with Crippen molar-refractivity contribution >= 4 is 27.7 Å². The van der Waals surface area contributed by atoms with Crippen LogP contribution in [0.15, 0.2) is 53.3 Å². The van der Waals surface area contributed by atoms with Crippen molar-refractivity contribution in [3.05, 3.63) is 58.8 Å². The highest BCUT2D eigenvalue weighted by atomic mass is 16.2. The van der Waals surface area contributed by atoms with E-state index in [-0.39, 0.29) is 17.9 Å². The van der Waals surface area contributed by atoms with Crippen LogP contribution in [0.1, 0.15) is 32.6 Å². The second-order valence-electron chi connectivity index (χ2n) is 7.07. The van der Waals surface area contributed by atoms with Crippen molar-refractivity contribution in [2.24, 2.45) is 0 Å². The molecule has 0 N–H and O–H groups in total. The number of nitrogens with zero attached hydrogens (tertiary/aromatic N) is 2. The van der Waals surface area contributed by atoms with Gasteiger partial charge in [0.25, 0.3) is 0 Å². The second-order valence-corrected chi connectivity index (χ2v) is 7.07. The molecule has 1 aromatic heterocycles. The van der Waals surface area contributed by atoms with Crippen molar-refractivity contribution in [1.29, 1.82) is 0 Å². The van der Waals surface area contributed by atoms with Crippen LogP contribution < -0.4 is 5.43 Å². The summed E-state index contributed by atoms with van der Waals surface area (Å²) in [4.78, 5) is 28.0. The molecule has 0 aliphatic heterocycles. The largest absolute Gasteiger partial charge is 0.338 e. The van der Waals surface area contributed by atoms with E-state index in [1.165, 1.54) is 12.8 Å². The Labute approximate surface area is 153 Å². The minimum atomic E-state index is 0.0306. The molecule has 1 saturated carbocycles. The average molecular weight is 348 g/mol. The Morgan fingerprint density at radius 1 is 1.00 bits per heavy atom. The average Bonchev–Trinajstić information content (AvgIpc) is 3.20. The minimum absolute atomic E-state index is 0.0306. The van der Waals surface area contributed by atoms with E-state index in [0.717, 1.165) is 30.4 Å². The van der Waals surface area contributed by atoms with Crippen molar-refractivity contribution in [3.8, 4) is 0 Å². The summed E-state index contributed by atoms with van der Waals surface area (Å²) in [5, 5.41) is 1.34. The maximum absolute atomic E-state index is 13.1. The van der Waals surface area contributed by atoms with Gasteiger partial charge in [-0.1, -0.05) is 37.1 Å². The maximum Gasteiger partial charge on any atom is 0.242 e. The van der Waals surface area contributed by atoms with Gasteiger partial charge in [0, 0.05) is 23.4 Å². The SMILES string of the molecule is CCN(C(=O)Cn1c2ccccc2c(=O)c2ccccc21)C1CCCC1. The predicted octanol–water partition coefficient (Wildman–Crippen LogP) is 3.95. The molecule has 4 rings (SSSR count). The highest BCUT2D eigenvalue weighted by Gasteiger charge is 2.26. The van der Waals surface area contributed by atoms with Gasteiger partial charge in [-0.05, 0) is 44.0 Å². The Morgan fingerprint density at radius 2 is 1.54 bits per heavy atom. The molecule has 0 saturated heterocycles. The molecule has 1 aliphatic rings. The number of carbonyl (C=O) groups is 1. The molecular formula is C22H24N2O2. The Bertz CT molecular complexity index is 955. The summed E-state index contributed by atoms with van der Waals surface area (Å²) < 4.78 is 2.01. The second kappa shape index (κ2) is 6.94. The smallest absolute Gasteiger partial charge is 0.242 e. The molecule has 1 aliphatic carbocycles. The van der Waals surface area contributed by atoms with Crippen LogP contribution in [-0.4, -0.2) is 28.0 Å². The first kappa shape index (κ1) is 16.8. The third-order valence-corrected chi connectivity index (χ3v) is 5.60. The van der Waals surface area contributed by atoms with Gasteiger partial charge in [0.15, 0.2) is 5.43 Å². The first-order valence-electron chi connectivity index (χ1n) is 9.50. The number of benzene rings is 2. The Morgan fingerprint density at radius 3 is 2.08 bits per heavy atom. The van der Waals surface area contributed by atoms with E-state index in [0.29, 0.717) is 16.8 Å². The number of pyridine rings is 1. The van der Waals surface area contributed by atoms with Crippen LogP contribution in [0.25, 0.3) is 21.8 Å². The standard InChI is InChI=1S/C22H24N2O2/c1-2-23(16-9-3-4-10-16)21(25)15-24-19-13-7-5-11-17(19)22(26)18-12-6-8-14-20(18)24/h5-8,11-14,16H,2-4,9-10,15H2,1H3. The van der Waals surface area contributed by atoms with Crippen LogP contribution in [0.5, 0.6) is 0 Å². The molecule has 4 heteroatoms. The molecule has 1 fully saturated rings. The topological polar surface area (TPSA) is 42.3 Å². The number of rotatable bonds is 4. The van der Waals surface area contributed by atoms with Gasteiger partial charge in [0.05, 0.1) is 11.0 Å². The van der Waals surface area contributed by atoms with E-state index in [1.807, 2.05) is 58.0 Å². The molecule has 1 heterocycles. The zero-order valence-electron chi connectivity index (χ0n) is 15.1. The van der Waals surface area contributed by atoms with Gasteiger partial charge < -0.3 is 9.47 Å². The number of fused-ring (bicyclic) bond motifs is 2. The van der Waals surface area contributed by atoms with Gasteiger partial charge in [-0.25, -0.2) is 0 Å². The molecule has 26 heavy (non-hydrogen) atoms. The van der Waals surface area contributed by atoms with E-state index >= 15 is 0 Å². The van der Waals surface area contributed by atoms with Crippen LogP contribution in [0, 0.1) is 0 Å². The fourth-order valence-corrected chi connectivity index (χ4v) is 4.33. The summed E-state index contributed by atoms with van der Waals surface area (Å²) in [6.07, 6.45) is 4.62. The normalized spacial score (nSPS) is 15.0. The summed E-state index contributed by atoms with van der Waals surface area (Å²) >= 11 is 0. The minimum Gasteiger partial charge on any atom is -0.338 e. The lowest BCUT2D eigenvalue weighted by Crippen LogP contribution is -2.40. The van der Waals surface area contributed by atoms with E-state index < -0.39 is 0 Å². The van der Waals surface area contributed by atoms with Gasteiger partial charge in [0.2, 0.25) is 5.91 Å². The first-order valence-corrected chi connectivity index (χ1v) is 9.50. The summed E-state index contributed by atoms with van der Waals surface area (Å²) in [5.41, 5.74) is 1.68. The van der Waals surface area contributed by atoms with Crippen LogP contribution in [-0.2, 0) is 11.3 Å². The molecule has 0 radical (unpaired) electrons. The van der Waals surface area contributed by atoms with Gasteiger partial charge in [0.1, 0.15) is 6.54 Å². The van der Waals surface area contributed by atoms with Crippen LogP contribution in [0.4, 0.5) is 0 Å². The molecule has 0 bridgehead atoms. The van der Waals surface area contributed by atoms with E-state index in [9.17, 15) is 9.59 Å². The number of carbonyl (C=O) groups excluding carboxylic acids is 1. The lowest BCUT2D eigenvalue weighted by atomic mass is 10.1. The molecule has 4 nitrogen and oxygen atoms in total. The number of aromatic nitrogens is 1. The number of amides is 1. The van der Waals surface area contributed by atoms with Gasteiger partial charge >= 0.3 is 0 Å². The lowest BCUT2D eigenvalue weighted by molar-refractivity contribution is -0.133. The zero-order chi connectivity index (χ0) is 18.1. The fraction of sp³-hybridized carbons (Fsp3) is 0.364. The molecular weight excluding hydrogens is 324 g/mol. The van der Waals surface area contributed by atoms with Gasteiger partial charge in [-0.3, -0.25) is 9.59 Å². The summed E-state index contributed by atoms with van der Waals surface area (Å²) in [6.45, 7) is 3.06. The molecule has 0 atom stereocenters. The zero-order valence-corrected chi connectivity index (χ0v) is 15.1.